The summed E-state index contributed by atoms with van der Waals surface area (Å²) in [5.41, 5.74) is 2.13. The van der Waals surface area contributed by atoms with Crippen LogP contribution in [0.3, 0.4) is 0 Å². The maximum Gasteiger partial charge on any atom is 0.227 e. The van der Waals surface area contributed by atoms with Gasteiger partial charge < -0.3 is 10.2 Å². The summed E-state index contributed by atoms with van der Waals surface area (Å²) in [7, 11) is 0. The van der Waals surface area contributed by atoms with Crippen LogP contribution >= 0.6 is 11.3 Å². The number of thiazole rings is 1. The molecule has 3 aromatic rings. The van der Waals surface area contributed by atoms with Crippen molar-refractivity contribution in [2.45, 2.75) is 19.8 Å². The van der Waals surface area contributed by atoms with Crippen molar-refractivity contribution in [1.82, 2.24) is 4.98 Å². The highest BCUT2D eigenvalue weighted by Gasteiger charge is 2.26. The van der Waals surface area contributed by atoms with Crippen LogP contribution in [0.4, 0.5) is 15.2 Å². The second kappa shape index (κ2) is 7.67. The zero-order valence-corrected chi connectivity index (χ0v) is 16.3. The van der Waals surface area contributed by atoms with Crippen LogP contribution in [0.15, 0.2) is 42.5 Å². The van der Waals surface area contributed by atoms with Crippen molar-refractivity contribution in [3.8, 4) is 0 Å². The summed E-state index contributed by atoms with van der Waals surface area (Å²) in [6.45, 7) is 3.00. The second-order valence-corrected chi connectivity index (χ2v) is 8.00. The Hall–Kier alpha value is -2.80. The number of nitrogens with zero attached hydrogens (tertiary/aromatic N) is 2. The maximum absolute atomic E-state index is 13.4. The van der Waals surface area contributed by atoms with Gasteiger partial charge in [0.2, 0.25) is 5.91 Å². The topological polar surface area (TPSA) is 62.3 Å². The van der Waals surface area contributed by atoms with Crippen LogP contribution in [0.2, 0.25) is 0 Å². The molecule has 1 fully saturated rings. The number of nitrogens with one attached hydrogen (secondary N) is 1. The van der Waals surface area contributed by atoms with Gasteiger partial charge in [-0.05, 0) is 62.2 Å². The van der Waals surface area contributed by atoms with E-state index in [1.54, 1.807) is 30.3 Å². The highest BCUT2D eigenvalue weighted by Crippen LogP contribution is 2.32. The summed E-state index contributed by atoms with van der Waals surface area (Å²) < 4.78 is 14.2. The lowest BCUT2D eigenvalue weighted by Crippen LogP contribution is -2.38. The molecule has 0 atom stereocenters. The van der Waals surface area contributed by atoms with Gasteiger partial charge in [-0.15, -0.1) is 0 Å². The Morgan fingerprint density at radius 2 is 1.86 bits per heavy atom. The van der Waals surface area contributed by atoms with Crippen LogP contribution in [0.1, 0.15) is 30.1 Å². The molecule has 28 heavy (non-hydrogen) atoms. The first-order valence-electron chi connectivity index (χ1n) is 9.22. The van der Waals surface area contributed by atoms with Gasteiger partial charge in [-0.3, -0.25) is 9.59 Å². The van der Waals surface area contributed by atoms with E-state index < -0.39 is 0 Å². The van der Waals surface area contributed by atoms with E-state index in [-0.39, 0.29) is 23.4 Å². The lowest BCUT2D eigenvalue weighted by Gasteiger charge is -2.31. The monoisotopic (exact) mass is 397 g/mol. The predicted molar refractivity (Wildman–Crippen MR) is 110 cm³/mol. The number of aromatic nitrogens is 1. The Bertz CT molecular complexity index is 1020. The van der Waals surface area contributed by atoms with Gasteiger partial charge in [0.15, 0.2) is 10.9 Å². The molecule has 0 spiro atoms. The van der Waals surface area contributed by atoms with Crippen molar-refractivity contribution in [1.29, 1.82) is 0 Å². The lowest BCUT2D eigenvalue weighted by atomic mass is 9.96. The molecule has 144 valence electrons. The Morgan fingerprint density at radius 3 is 2.54 bits per heavy atom. The first-order valence-corrected chi connectivity index (χ1v) is 10.0. The molecule has 2 heterocycles. The van der Waals surface area contributed by atoms with E-state index in [4.69, 9.17) is 0 Å². The fourth-order valence-electron chi connectivity index (χ4n) is 3.39. The predicted octanol–water partition coefficient (Wildman–Crippen LogP) is 4.49. The van der Waals surface area contributed by atoms with E-state index in [0.717, 1.165) is 41.3 Å². The maximum atomic E-state index is 13.4. The number of piperidine rings is 1. The van der Waals surface area contributed by atoms with Crippen molar-refractivity contribution in [2.75, 3.05) is 23.3 Å². The number of ketones is 1. The third-order valence-electron chi connectivity index (χ3n) is 5.03. The molecule has 5 nitrogen and oxygen atoms in total. The first kappa shape index (κ1) is 18.6. The molecule has 0 radical (unpaired) electrons. The van der Waals surface area contributed by atoms with Crippen LogP contribution < -0.4 is 10.2 Å². The molecule has 2 aromatic carbocycles. The summed E-state index contributed by atoms with van der Waals surface area (Å²) >= 11 is 1.48. The molecular formula is C21H20FN3O2S. The van der Waals surface area contributed by atoms with Crippen molar-refractivity contribution in [2.24, 2.45) is 5.92 Å². The molecule has 7 heteroatoms. The minimum Gasteiger partial charge on any atom is -0.348 e. The number of hydrogen-bond donors (Lipinski definition) is 1. The van der Waals surface area contributed by atoms with E-state index in [9.17, 15) is 14.0 Å². The third-order valence-corrected chi connectivity index (χ3v) is 6.11. The fraction of sp³-hybridized carbons (Fsp3) is 0.286. The number of benzene rings is 2. The second-order valence-electron chi connectivity index (χ2n) is 6.99. The van der Waals surface area contributed by atoms with Gasteiger partial charge in [-0.2, -0.15) is 0 Å². The van der Waals surface area contributed by atoms with E-state index in [2.05, 4.69) is 15.2 Å². The molecule has 0 saturated carbocycles. The molecule has 1 N–H and O–H groups in total. The number of rotatable bonds is 4. The van der Waals surface area contributed by atoms with Gasteiger partial charge in [-0.25, -0.2) is 9.37 Å². The number of carbonyl (C=O) groups excluding carboxylic acids is 2. The zero-order chi connectivity index (χ0) is 19.7. The number of fused-ring (bicyclic) bond motifs is 1. The first-order chi connectivity index (χ1) is 13.5. The minimum absolute atomic E-state index is 0.00148. The summed E-state index contributed by atoms with van der Waals surface area (Å²) in [5.74, 6) is -0.311. The molecule has 1 aliphatic heterocycles. The van der Waals surface area contributed by atoms with Gasteiger partial charge in [-0.1, -0.05) is 11.3 Å². The Balaban J connectivity index is 1.36. The molecular weight excluding hydrogens is 377 g/mol. The molecule has 1 aromatic heterocycles. The summed E-state index contributed by atoms with van der Waals surface area (Å²) in [6, 6.07) is 11.6. The molecule has 0 unspecified atom stereocenters. The standard InChI is InChI=1S/C21H20FN3O2S/c1-13(26)14-2-5-17(6-3-14)23-20(27)15-8-10-25(11-9-15)21-24-18-7-4-16(22)12-19(18)28-21/h2-7,12,15H,8-11H2,1H3,(H,23,27). The molecule has 4 rings (SSSR count). The van der Waals surface area contributed by atoms with Crippen LogP contribution in [0, 0.1) is 11.7 Å². The number of Topliss-reactive ketones (excluding diaryl/α,β-unsaturated/α-hetero) is 1. The quantitative estimate of drug-likeness (QED) is 0.659. The van der Waals surface area contributed by atoms with Crippen LogP contribution in [0.25, 0.3) is 10.2 Å². The average Bonchev–Trinajstić information content (AvgIpc) is 3.11. The zero-order valence-electron chi connectivity index (χ0n) is 15.4. The third kappa shape index (κ3) is 3.89. The van der Waals surface area contributed by atoms with E-state index >= 15 is 0 Å². The van der Waals surface area contributed by atoms with Gasteiger partial charge in [0.1, 0.15) is 5.82 Å². The highest BCUT2D eigenvalue weighted by atomic mass is 32.1. The molecule has 0 bridgehead atoms. The SMILES string of the molecule is CC(=O)c1ccc(NC(=O)C2CCN(c3nc4ccc(F)cc4s3)CC2)cc1. The number of carbonyl (C=O) groups is 2. The van der Waals surface area contributed by atoms with Gasteiger partial charge >= 0.3 is 0 Å². The van der Waals surface area contributed by atoms with Crippen molar-refractivity contribution in [3.05, 3.63) is 53.8 Å². The number of amides is 1. The lowest BCUT2D eigenvalue weighted by molar-refractivity contribution is -0.120. The van der Waals surface area contributed by atoms with Crippen molar-refractivity contribution in [3.63, 3.8) is 0 Å². The van der Waals surface area contributed by atoms with Crippen LogP contribution in [-0.4, -0.2) is 29.8 Å². The largest absolute Gasteiger partial charge is 0.348 e. The van der Waals surface area contributed by atoms with Gasteiger partial charge in [0, 0.05) is 30.3 Å². The Morgan fingerprint density at radius 1 is 1.14 bits per heavy atom. The summed E-state index contributed by atoms with van der Waals surface area (Å²) in [5, 5.41) is 3.81. The smallest absolute Gasteiger partial charge is 0.227 e. The van der Waals surface area contributed by atoms with Crippen LogP contribution in [-0.2, 0) is 4.79 Å². The molecule has 1 saturated heterocycles. The van der Waals surface area contributed by atoms with Crippen molar-refractivity contribution >= 4 is 44.1 Å². The highest BCUT2D eigenvalue weighted by molar-refractivity contribution is 7.22. The molecule has 0 aliphatic carbocycles. The summed E-state index contributed by atoms with van der Waals surface area (Å²) in [4.78, 5) is 30.6. The number of hydrogen-bond acceptors (Lipinski definition) is 5. The van der Waals surface area contributed by atoms with Gasteiger partial charge in [0.05, 0.1) is 10.2 Å². The normalized spacial score (nSPS) is 15.0. The average molecular weight is 397 g/mol. The van der Waals surface area contributed by atoms with E-state index in [0.29, 0.717) is 11.3 Å². The fourth-order valence-corrected chi connectivity index (χ4v) is 4.43. The number of halogens is 1. The van der Waals surface area contributed by atoms with Crippen molar-refractivity contribution < 1.29 is 14.0 Å². The summed E-state index contributed by atoms with van der Waals surface area (Å²) in [6.07, 6.45) is 1.48. The van der Waals surface area contributed by atoms with Gasteiger partial charge in [0.25, 0.3) is 0 Å². The Kier molecular flexibility index (Phi) is 5.09. The van der Waals surface area contributed by atoms with Crippen LogP contribution in [0.5, 0.6) is 0 Å². The minimum atomic E-state index is -0.255. The Labute approximate surface area is 166 Å². The molecule has 1 aliphatic rings. The van der Waals surface area contributed by atoms with E-state index in [1.165, 1.54) is 30.4 Å². The molecule has 1 amide bonds. The number of anilines is 2. The van der Waals surface area contributed by atoms with E-state index in [1.807, 2.05) is 0 Å².